The molecule has 84 valence electrons. The quantitative estimate of drug-likeness (QED) is 0.720. The molecule has 0 saturated heterocycles. The van der Waals surface area contributed by atoms with E-state index in [4.69, 9.17) is 0 Å². The van der Waals surface area contributed by atoms with E-state index in [1.807, 2.05) is 0 Å². The van der Waals surface area contributed by atoms with Gasteiger partial charge in [0.25, 0.3) is 0 Å². The van der Waals surface area contributed by atoms with Crippen molar-refractivity contribution in [3.8, 4) is 11.1 Å². The van der Waals surface area contributed by atoms with Crippen molar-refractivity contribution in [2.75, 3.05) is 0 Å². The van der Waals surface area contributed by atoms with Crippen LogP contribution in [0.5, 0.6) is 0 Å². The Balaban J connectivity index is 2.35. The number of benzene rings is 1. The van der Waals surface area contributed by atoms with Gasteiger partial charge >= 0.3 is 0 Å². The van der Waals surface area contributed by atoms with Crippen LogP contribution in [-0.2, 0) is 0 Å². The van der Waals surface area contributed by atoms with Crippen LogP contribution in [0.3, 0.4) is 0 Å². The van der Waals surface area contributed by atoms with E-state index in [-0.39, 0.29) is 0 Å². The maximum absolute atomic E-state index is 4.61. The molecule has 1 aliphatic carbocycles. The standard InChI is InChI=1S/C16H15N/c1-12-11-15(13-7-3-2-4-8-13)14-9-5-6-10-16(14)17-12/h2-4,7-11H,5-6H2,1H3. The topological polar surface area (TPSA) is 12.9 Å². The van der Waals surface area contributed by atoms with Crippen molar-refractivity contribution in [2.24, 2.45) is 0 Å². The molecular weight excluding hydrogens is 206 g/mol. The summed E-state index contributed by atoms with van der Waals surface area (Å²) in [6.07, 6.45) is 6.79. The lowest BCUT2D eigenvalue weighted by Gasteiger charge is -2.08. The molecule has 1 aromatic carbocycles. The predicted molar refractivity (Wildman–Crippen MR) is 71.8 cm³/mol. The average Bonchev–Trinajstić information content (AvgIpc) is 2.39. The molecule has 0 unspecified atom stereocenters. The first-order valence-corrected chi connectivity index (χ1v) is 6.08. The molecule has 0 saturated carbocycles. The molecule has 1 heteroatoms. The van der Waals surface area contributed by atoms with Gasteiger partial charge < -0.3 is 0 Å². The van der Waals surface area contributed by atoms with Gasteiger partial charge in [-0.25, -0.2) is 0 Å². The molecule has 1 nitrogen and oxygen atoms in total. The van der Waals surface area contributed by atoms with E-state index in [2.05, 4.69) is 60.5 Å². The highest BCUT2D eigenvalue weighted by Crippen LogP contribution is 2.15. The molecule has 0 bridgehead atoms. The Labute approximate surface area is 101 Å². The zero-order valence-corrected chi connectivity index (χ0v) is 9.98. The second-order valence-electron chi connectivity index (χ2n) is 4.46. The summed E-state index contributed by atoms with van der Waals surface area (Å²) in [5.74, 6) is 0. The molecule has 1 aromatic heterocycles. The third-order valence-corrected chi connectivity index (χ3v) is 3.15. The fourth-order valence-corrected chi connectivity index (χ4v) is 2.38. The molecule has 0 amide bonds. The average molecular weight is 221 g/mol. The van der Waals surface area contributed by atoms with Crippen LogP contribution in [-0.4, -0.2) is 4.98 Å². The first-order chi connectivity index (χ1) is 8.34. The molecule has 2 aromatic rings. The fraction of sp³-hybridized carbons (Fsp3) is 0.188. The summed E-state index contributed by atoms with van der Waals surface area (Å²) in [6, 6.07) is 12.7. The maximum atomic E-state index is 4.61. The highest BCUT2D eigenvalue weighted by molar-refractivity contribution is 5.66. The van der Waals surface area contributed by atoms with Gasteiger partial charge in [-0.15, -0.1) is 0 Å². The Morgan fingerprint density at radius 1 is 1.00 bits per heavy atom. The second-order valence-corrected chi connectivity index (χ2v) is 4.46. The summed E-state index contributed by atoms with van der Waals surface area (Å²) in [4.78, 5) is 4.61. The Kier molecular flexibility index (Phi) is 2.52. The maximum Gasteiger partial charge on any atom is 0.0668 e. The van der Waals surface area contributed by atoms with Crippen LogP contribution in [0.4, 0.5) is 0 Å². The van der Waals surface area contributed by atoms with Gasteiger partial charge in [-0.1, -0.05) is 42.5 Å². The largest absolute Gasteiger partial charge is 0.253 e. The SMILES string of the molecule is Cc1cc(-c2ccccc2)c2c(n1)=CCCC=2. The van der Waals surface area contributed by atoms with E-state index in [0.717, 1.165) is 23.9 Å². The zero-order chi connectivity index (χ0) is 11.7. The van der Waals surface area contributed by atoms with Crippen molar-refractivity contribution < 1.29 is 0 Å². The van der Waals surface area contributed by atoms with E-state index < -0.39 is 0 Å². The lowest BCUT2D eigenvalue weighted by atomic mass is 10.00. The molecule has 17 heavy (non-hydrogen) atoms. The Hall–Kier alpha value is -1.89. The number of aromatic nitrogens is 1. The first-order valence-electron chi connectivity index (χ1n) is 6.08. The molecule has 0 fully saturated rings. The van der Waals surface area contributed by atoms with Gasteiger partial charge in [-0.3, -0.25) is 4.98 Å². The molecule has 0 radical (unpaired) electrons. The molecule has 0 aliphatic heterocycles. The van der Waals surface area contributed by atoms with Gasteiger partial charge in [-0.05, 0) is 37.0 Å². The summed E-state index contributed by atoms with van der Waals surface area (Å²) >= 11 is 0. The van der Waals surface area contributed by atoms with Crippen molar-refractivity contribution in [2.45, 2.75) is 19.8 Å². The Morgan fingerprint density at radius 2 is 1.76 bits per heavy atom. The van der Waals surface area contributed by atoms with Gasteiger partial charge in [0.2, 0.25) is 0 Å². The number of hydrogen-bond donors (Lipinski definition) is 0. The van der Waals surface area contributed by atoms with Crippen molar-refractivity contribution in [1.29, 1.82) is 0 Å². The minimum absolute atomic E-state index is 1.09. The highest BCUT2D eigenvalue weighted by atomic mass is 14.7. The van der Waals surface area contributed by atoms with Crippen molar-refractivity contribution in [3.63, 3.8) is 0 Å². The fourth-order valence-electron chi connectivity index (χ4n) is 2.38. The van der Waals surface area contributed by atoms with E-state index in [9.17, 15) is 0 Å². The van der Waals surface area contributed by atoms with Gasteiger partial charge in [-0.2, -0.15) is 0 Å². The normalized spacial score (nSPS) is 13.5. The zero-order valence-electron chi connectivity index (χ0n) is 9.98. The van der Waals surface area contributed by atoms with E-state index in [0.29, 0.717) is 0 Å². The number of fused-ring (bicyclic) bond motifs is 1. The monoisotopic (exact) mass is 221 g/mol. The molecule has 0 N–H and O–H groups in total. The van der Waals surface area contributed by atoms with E-state index in [1.165, 1.54) is 16.3 Å². The molecule has 0 spiro atoms. The lowest BCUT2D eigenvalue weighted by Crippen LogP contribution is -2.32. The van der Waals surface area contributed by atoms with Crippen LogP contribution in [0.15, 0.2) is 36.4 Å². The minimum atomic E-state index is 1.09. The third-order valence-electron chi connectivity index (χ3n) is 3.15. The van der Waals surface area contributed by atoms with Crippen LogP contribution in [0, 0.1) is 6.92 Å². The predicted octanol–water partition coefficient (Wildman–Crippen LogP) is 2.41. The lowest BCUT2D eigenvalue weighted by molar-refractivity contribution is 1.05. The number of nitrogens with zero attached hydrogens (tertiary/aromatic N) is 1. The van der Waals surface area contributed by atoms with Crippen molar-refractivity contribution in [3.05, 3.63) is 52.7 Å². The first kappa shape index (κ1) is 10.3. The van der Waals surface area contributed by atoms with Gasteiger partial charge in [0.1, 0.15) is 0 Å². The minimum Gasteiger partial charge on any atom is -0.253 e. The van der Waals surface area contributed by atoms with E-state index in [1.54, 1.807) is 0 Å². The number of pyridine rings is 1. The third kappa shape index (κ3) is 1.89. The van der Waals surface area contributed by atoms with Crippen LogP contribution in [0.1, 0.15) is 18.5 Å². The Bertz CT molecular complexity index is 654. The molecule has 1 heterocycles. The molecular formula is C16H15N. The summed E-state index contributed by atoms with van der Waals surface area (Å²) in [5.41, 5.74) is 3.68. The van der Waals surface area contributed by atoms with Crippen LogP contribution in [0.2, 0.25) is 0 Å². The van der Waals surface area contributed by atoms with Gasteiger partial charge in [0.05, 0.1) is 5.35 Å². The van der Waals surface area contributed by atoms with Gasteiger partial charge in [0.15, 0.2) is 0 Å². The van der Waals surface area contributed by atoms with Crippen molar-refractivity contribution in [1.82, 2.24) is 4.98 Å². The van der Waals surface area contributed by atoms with E-state index >= 15 is 0 Å². The summed E-state index contributed by atoms with van der Waals surface area (Å²) in [6.45, 7) is 2.06. The second kappa shape index (κ2) is 4.17. The smallest absolute Gasteiger partial charge is 0.0668 e. The van der Waals surface area contributed by atoms with Crippen LogP contribution >= 0.6 is 0 Å². The highest BCUT2D eigenvalue weighted by Gasteiger charge is 2.04. The van der Waals surface area contributed by atoms with Crippen molar-refractivity contribution >= 4 is 12.2 Å². The Morgan fingerprint density at radius 3 is 2.59 bits per heavy atom. The van der Waals surface area contributed by atoms with Gasteiger partial charge in [0, 0.05) is 10.9 Å². The van der Waals surface area contributed by atoms with Crippen LogP contribution in [0.25, 0.3) is 23.3 Å². The summed E-state index contributed by atoms with van der Waals surface area (Å²) < 4.78 is 0. The molecule has 1 aliphatic rings. The number of hydrogen-bond acceptors (Lipinski definition) is 1. The molecule has 0 atom stereocenters. The number of rotatable bonds is 1. The number of aryl methyl sites for hydroxylation is 1. The summed E-state index contributed by atoms with van der Waals surface area (Å²) in [5, 5.41) is 2.45. The van der Waals surface area contributed by atoms with Crippen LogP contribution < -0.4 is 10.6 Å². The summed E-state index contributed by atoms with van der Waals surface area (Å²) in [7, 11) is 0. The molecule has 3 rings (SSSR count).